The number of benzene rings is 2. The Morgan fingerprint density at radius 1 is 1.05 bits per heavy atom. The van der Waals surface area contributed by atoms with Crippen LogP contribution in [0, 0.1) is 0 Å². The molecule has 0 aliphatic heterocycles. The van der Waals surface area contributed by atoms with Gasteiger partial charge in [0.25, 0.3) is 0 Å². The molecule has 0 radical (unpaired) electrons. The Morgan fingerprint density at radius 2 is 1.80 bits per heavy atom. The molecule has 0 spiro atoms. The summed E-state index contributed by atoms with van der Waals surface area (Å²) in [6.07, 6.45) is 3.72. The van der Waals surface area contributed by atoms with Crippen molar-refractivity contribution in [2.45, 2.75) is 31.2 Å². The number of hydrogen-bond donors (Lipinski definition) is 1. The van der Waals surface area contributed by atoms with Gasteiger partial charge in [0.15, 0.2) is 0 Å². The number of hydrogen-bond acceptors (Lipinski definition) is 1. The molecule has 0 saturated heterocycles. The highest BCUT2D eigenvalue weighted by molar-refractivity contribution is 6.35. The van der Waals surface area contributed by atoms with Gasteiger partial charge in [0.2, 0.25) is 0 Å². The maximum absolute atomic E-state index is 6.62. The van der Waals surface area contributed by atoms with Crippen molar-refractivity contribution in [1.82, 2.24) is 0 Å². The van der Waals surface area contributed by atoms with Gasteiger partial charge in [-0.15, -0.1) is 0 Å². The van der Waals surface area contributed by atoms with Gasteiger partial charge >= 0.3 is 0 Å². The zero-order chi connectivity index (χ0) is 14.2. The van der Waals surface area contributed by atoms with Gasteiger partial charge in [-0.05, 0) is 54.5 Å². The van der Waals surface area contributed by atoms with E-state index in [0.717, 1.165) is 31.2 Å². The smallest absolute Gasteiger partial charge is 0.0453 e. The highest BCUT2D eigenvalue weighted by Crippen LogP contribution is 2.32. The van der Waals surface area contributed by atoms with Crippen LogP contribution in [0.15, 0.2) is 42.5 Å². The second-order valence-electron chi connectivity index (χ2n) is 5.72. The first-order valence-electron chi connectivity index (χ1n) is 6.85. The van der Waals surface area contributed by atoms with E-state index in [2.05, 4.69) is 24.3 Å². The van der Waals surface area contributed by atoms with E-state index < -0.39 is 0 Å². The molecule has 20 heavy (non-hydrogen) atoms. The van der Waals surface area contributed by atoms with E-state index in [1.54, 1.807) is 6.07 Å². The van der Waals surface area contributed by atoms with Gasteiger partial charge in [-0.1, -0.05) is 53.5 Å². The molecule has 104 valence electrons. The molecule has 3 heteroatoms. The van der Waals surface area contributed by atoms with E-state index in [-0.39, 0.29) is 5.54 Å². The topological polar surface area (TPSA) is 26.0 Å². The summed E-state index contributed by atoms with van der Waals surface area (Å²) in [5.74, 6) is 0. The summed E-state index contributed by atoms with van der Waals surface area (Å²) in [5.41, 5.74) is 10.3. The lowest BCUT2D eigenvalue weighted by Gasteiger charge is -2.35. The van der Waals surface area contributed by atoms with Crippen molar-refractivity contribution in [1.29, 1.82) is 0 Å². The second-order valence-corrected chi connectivity index (χ2v) is 6.56. The molecule has 0 saturated carbocycles. The highest BCUT2D eigenvalue weighted by atomic mass is 35.5. The van der Waals surface area contributed by atoms with Crippen LogP contribution in [0.2, 0.25) is 10.0 Å². The Hall–Kier alpha value is -1.02. The molecule has 1 unspecified atom stereocenters. The Bertz CT molecular complexity index is 639. The maximum Gasteiger partial charge on any atom is 0.0453 e. The molecule has 3 rings (SSSR count). The van der Waals surface area contributed by atoms with Crippen LogP contribution in [0.4, 0.5) is 0 Å². The largest absolute Gasteiger partial charge is 0.324 e. The number of aryl methyl sites for hydroxylation is 1. The second kappa shape index (κ2) is 5.40. The fourth-order valence-electron chi connectivity index (χ4n) is 3.02. The van der Waals surface area contributed by atoms with Crippen molar-refractivity contribution < 1.29 is 0 Å². The Morgan fingerprint density at radius 3 is 2.55 bits per heavy atom. The minimum atomic E-state index is -0.216. The lowest BCUT2D eigenvalue weighted by atomic mass is 9.75. The summed E-state index contributed by atoms with van der Waals surface area (Å²) in [4.78, 5) is 0. The fourth-order valence-corrected chi connectivity index (χ4v) is 3.50. The number of halogens is 2. The van der Waals surface area contributed by atoms with E-state index in [1.165, 1.54) is 11.1 Å². The maximum atomic E-state index is 6.62. The van der Waals surface area contributed by atoms with Crippen LogP contribution in [0.3, 0.4) is 0 Å². The van der Waals surface area contributed by atoms with E-state index >= 15 is 0 Å². The summed E-state index contributed by atoms with van der Waals surface area (Å²) < 4.78 is 0. The molecular formula is C17H17Cl2N. The normalized spacial score (nSPS) is 21.6. The molecular weight excluding hydrogens is 289 g/mol. The molecule has 2 aromatic rings. The van der Waals surface area contributed by atoms with Crippen LogP contribution in [0.25, 0.3) is 0 Å². The number of rotatable bonds is 2. The van der Waals surface area contributed by atoms with Gasteiger partial charge in [0.05, 0.1) is 0 Å². The highest BCUT2D eigenvalue weighted by Gasteiger charge is 2.31. The third-order valence-corrected chi connectivity index (χ3v) is 4.70. The van der Waals surface area contributed by atoms with Crippen LogP contribution in [0.1, 0.15) is 23.1 Å². The standard InChI is InChI=1S/C17H17Cl2N/c18-15-6-5-14(16(19)9-15)11-17(20)8-7-12-3-1-2-4-13(12)10-17/h1-6,9H,7-8,10-11,20H2. The summed E-state index contributed by atoms with van der Waals surface area (Å²) in [7, 11) is 0. The van der Waals surface area contributed by atoms with Gasteiger partial charge in [0, 0.05) is 15.6 Å². The minimum absolute atomic E-state index is 0.216. The van der Waals surface area contributed by atoms with Gasteiger partial charge < -0.3 is 5.73 Å². The predicted octanol–water partition coefficient (Wildman–Crippen LogP) is 4.42. The molecule has 1 nitrogen and oxygen atoms in total. The van der Waals surface area contributed by atoms with Crippen LogP contribution in [-0.2, 0) is 19.3 Å². The van der Waals surface area contributed by atoms with Crippen molar-refractivity contribution in [2.24, 2.45) is 5.73 Å². The van der Waals surface area contributed by atoms with Crippen molar-refractivity contribution in [3.8, 4) is 0 Å². The molecule has 2 aromatic carbocycles. The quantitative estimate of drug-likeness (QED) is 0.873. The Balaban J connectivity index is 1.84. The van der Waals surface area contributed by atoms with Crippen LogP contribution >= 0.6 is 23.2 Å². The first-order chi connectivity index (χ1) is 9.56. The third-order valence-electron chi connectivity index (χ3n) is 4.11. The van der Waals surface area contributed by atoms with Crippen molar-refractivity contribution in [3.63, 3.8) is 0 Å². The zero-order valence-electron chi connectivity index (χ0n) is 11.2. The van der Waals surface area contributed by atoms with Gasteiger partial charge in [-0.3, -0.25) is 0 Å². The average molecular weight is 306 g/mol. The minimum Gasteiger partial charge on any atom is -0.324 e. The van der Waals surface area contributed by atoms with Crippen molar-refractivity contribution in [3.05, 3.63) is 69.2 Å². The average Bonchev–Trinajstić information content (AvgIpc) is 2.42. The molecule has 1 aliphatic carbocycles. The SMILES string of the molecule is NC1(Cc2ccc(Cl)cc2Cl)CCc2ccccc2C1. The van der Waals surface area contributed by atoms with E-state index in [1.807, 2.05) is 12.1 Å². The molecule has 0 aromatic heterocycles. The summed E-state index contributed by atoms with van der Waals surface area (Å²) in [6, 6.07) is 14.2. The lowest BCUT2D eigenvalue weighted by molar-refractivity contribution is 0.369. The molecule has 0 heterocycles. The number of fused-ring (bicyclic) bond motifs is 1. The fraction of sp³-hybridized carbons (Fsp3) is 0.294. The molecule has 0 bridgehead atoms. The van der Waals surface area contributed by atoms with Gasteiger partial charge in [0.1, 0.15) is 0 Å². The Kier molecular flexibility index (Phi) is 3.76. The summed E-state index contributed by atoms with van der Waals surface area (Å²) in [5, 5.41) is 1.37. The summed E-state index contributed by atoms with van der Waals surface area (Å²) >= 11 is 12.2. The molecule has 0 amide bonds. The van der Waals surface area contributed by atoms with Crippen LogP contribution < -0.4 is 5.73 Å². The first kappa shape index (κ1) is 13.9. The lowest BCUT2D eigenvalue weighted by Crippen LogP contribution is -2.47. The van der Waals surface area contributed by atoms with Gasteiger partial charge in [-0.25, -0.2) is 0 Å². The molecule has 0 fully saturated rings. The molecule has 2 N–H and O–H groups in total. The molecule has 1 atom stereocenters. The summed E-state index contributed by atoms with van der Waals surface area (Å²) in [6.45, 7) is 0. The van der Waals surface area contributed by atoms with Gasteiger partial charge in [-0.2, -0.15) is 0 Å². The number of nitrogens with two attached hydrogens (primary N) is 1. The van der Waals surface area contributed by atoms with E-state index in [0.29, 0.717) is 10.0 Å². The van der Waals surface area contributed by atoms with E-state index in [4.69, 9.17) is 28.9 Å². The van der Waals surface area contributed by atoms with Crippen molar-refractivity contribution in [2.75, 3.05) is 0 Å². The van der Waals surface area contributed by atoms with Crippen molar-refractivity contribution >= 4 is 23.2 Å². The zero-order valence-corrected chi connectivity index (χ0v) is 12.7. The predicted molar refractivity (Wildman–Crippen MR) is 85.6 cm³/mol. The van der Waals surface area contributed by atoms with Crippen LogP contribution in [0.5, 0.6) is 0 Å². The first-order valence-corrected chi connectivity index (χ1v) is 7.61. The Labute approximate surface area is 129 Å². The van der Waals surface area contributed by atoms with Crippen LogP contribution in [-0.4, -0.2) is 5.54 Å². The molecule has 1 aliphatic rings. The van der Waals surface area contributed by atoms with E-state index in [9.17, 15) is 0 Å². The monoisotopic (exact) mass is 305 g/mol. The third kappa shape index (κ3) is 2.85.